The Labute approximate surface area is 265 Å². The Morgan fingerprint density at radius 3 is 1.07 bits per heavy atom. The minimum absolute atomic E-state index is 0. The van der Waals surface area contributed by atoms with E-state index in [1.165, 1.54) is 82.1 Å². The maximum atomic E-state index is 13.1. The third-order valence-corrected chi connectivity index (χ3v) is 8.80. The lowest BCUT2D eigenvalue weighted by Gasteiger charge is -2.33. The fourth-order valence-electron chi connectivity index (χ4n) is 6.04. The summed E-state index contributed by atoms with van der Waals surface area (Å²) >= 11 is 0. The highest BCUT2D eigenvalue weighted by Crippen LogP contribution is 2.39. The quantitative estimate of drug-likeness (QED) is 0.281. The molecule has 0 N–H and O–H groups in total. The van der Waals surface area contributed by atoms with E-state index < -0.39 is 17.0 Å². The maximum Gasteiger partial charge on any atom is 0.129 e. The van der Waals surface area contributed by atoms with Crippen LogP contribution >= 0.6 is 0 Å². The van der Waals surface area contributed by atoms with Gasteiger partial charge in [0.1, 0.15) is 17.5 Å². The summed E-state index contributed by atoms with van der Waals surface area (Å²) in [5, 5.41) is 0. The van der Waals surface area contributed by atoms with Crippen LogP contribution < -0.4 is 0 Å². The smallest absolute Gasteiger partial charge is 0.129 e. The molecule has 43 heavy (non-hydrogen) atoms. The molecule has 3 heteroatoms. The fraction of sp³-hybridized carbons (Fsp3) is 0.700. The highest BCUT2D eigenvalue weighted by Gasteiger charge is 2.27. The lowest BCUT2D eigenvalue weighted by molar-refractivity contribution is 0.180. The lowest BCUT2D eigenvalue weighted by Crippen LogP contribution is -2.22. The molecule has 0 aliphatic heterocycles. The van der Waals surface area contributed by atoms with Gasteiger partial charge in [0.15, 0.2) is 0 Å². The van der Waals surface area contributed by atoms with Crippen LogP contribution in [0.3, 0.4) is 0 Å². The predicted molar refractivity (Wildman–Crippen MR) is 184 cm³/mol. The molecule has 0 saturated heterocycles. The Kier molecular flexibility index (Phi) is 16.9. The molecule has 2 aromatic rings. The second-order valence-electron chi connectivity index (χ2n) is 16.6. The Morgan fingerprint density at radius 1 is 0.465 bits per heavy atom. The topological polar surface area (TPSA) is 0 Å². The van der Waals surface area contributed by atoms with Crippen LogP contribution in [0.5, 0.6) is 0 Å². The molecular formula is C40H67F3. The van der Waals surface area contributed by atoms with E-state index in [1.54, 1.807) is 26.8 Å². The van der Waals surface area contributed by atoms with Crippen molar-refractivity contribution in [2.45, 2.75) is 159 Å². The van der Waals surface area contributed by atoms with Crippen LogP contribution in [-0.4, -0.2) is 0 Å². The van der Waals surface area contributed by atoms with Gasteiger partial charge in [-0.05, 0) is 82.9 Å². The third-order valence-electron chi connectivity index (χ3n) is 8.80. The van der Waals surface area contributed by atoms with E-state index in [0.717, 1.165) is 17.4 Å². The molecule has 2 saturated carbocycles. The SMILES string of the molecule is C.CC(C)(C)C1CCCC1.CC(C)(C)C1CCCCC1.CC(C)(C)c1c(F)cccc1F.CC(C)(C)c1ccccc1F. The molecule has 2 aromatic carbocycles. The first-order valence-corrected chi connectivity index (χ1v) is 16.3. The summed E-state index contributed by atoms with van der Waals surface area (Å²) < 4.78 is 39.3. The average Bonchev–Trinajstić information content (AvgIpc) is 3.40. The zero-order valence-electron chi connectivity index (χ0n) is 29.2. The van der Waals surface area contributed by atoms with Crippen molar-refractivity contribution in [3.8, 4) is 0 Å². The van der Waals surface area contributed by atoms with E-state index >= 15 is 0 Å². The second kappa shape index (κ2) is 17.6. The summed E-state index contributed by atoms with van der Waals surface area (Å²) in [5.41, 5.74) is 1.52. The van der Waals surface area contributed by atoms with Crippen molar-refractivity contribution in [1.82, 2.24) is 0 Å². The minimum Gasteiger partial charge on any atom is -0.207 e. The molecule has 0 bridgehead atoms. The molecule has 0 radical (unpaired) electrons. The second-order valence-corrected chi connectivity index (χ2v) is 16.6. The Morgan fingerprint density at radius 2 is 0.814 bits per heavy atom. The van der Waals surface area contributed by atoms with E-state index in [2.05, 4.69) is 41.5 Å². The van der Waals surface area contributed by atoms with Crippen molar-refractivity contribution in [3.05, 3.63) is 71.0 Å². The first kappa shape index (κ1) is 41.2. The molecule has 0 amide bonds. The molecule has 0 nitrogen and oxygen atoms in total. The van der Waals surface area contributed by atoms with E-state index in [4.69, 9.17) is 0 Å². The van der Waals surface area contributed by atoms with Crippen LogP contribution in [0.2, 0.25) is 0 Å². The molecule has 2 aliphatic carbocycles. The van der Waals surface area contributed by atoms with Crippen LogP contribution in [0.25, 0.3) is 0 Å². The Bertz CT molecular complexity index is 1010. The molecule has 0 aromatic heterocycles. The van der Waals surface area contributed by atoms with E-state index in [0.29, 0.717) is 10.8 Å². The molecule has 0 atom stereocenters. The lowest BCUT2D eigenvalue weighted by atomic mass is 9.72. The summed E-state index contributed by atoms with van der Waals surface area (Å²) in [7, 11) is 0. The standard InChI is InChI=1S/C10H12F2.C10H13F.C10H20.C9H18.CH4/c1-10(2,3)9-7(11)5-4-6-8(9)12;1-10(2,3)8-6-4-5-7-9(8)11;1-10(2,3)9-7-5-4-6-8-9;1-9(2,3)8-6-4-5-7-8;/h4-6H,1-3H3;4-7H,1-3H3;9H,4-8H2,1-3H3;8H,4-7H2,1-3H3;1H4. The van der Waals surface area contributed by atoms with Crippen LogP contribution in [0.1, 0.15) is 159 Å². The number of hydrogen-bond acceptors (Lipinski definition) is 0. The van der Waals surface area contributed by atoms with Crippen LogP contribution in [0.4, 0.5) is 13.2 Å². The zero-order valence-corrected chi connectivity index (χ0v) is 29.2. The van der Waals surface area contributed by atoms with Gasteiger partial charge in [-0.2, -0.15) is 0 Å². The predicted octanol–water partition coefficient (Wildman–Crippen LogP) is 13.9. The van der Waals surface area contributed by atoms with Crippen molar-refractivity contribution in [2.24, 2.45) is 22.7 Å². The van der Waals surface area contributed by atoms with Gasteiger partial charge in [0.05, 0.1) is 0 Å². The molecule has 0 unspecified atom stereocenters. The highest BCUT2D eigenvalue weighted by molar-refractivity contribution is 5.26. The molecule has 248 valence electrons. The van der Waals surface area contributed by atoms with Crippen LogP contribution in [0.15, 0.2) is 42.5 Å². The fourth-order valence-corrected chi connectivity index (χ4v) is 6.04. The van der Waals surface area contributed by atoms with Gasteiger partial charge in [-0.25, -0.2) is 13.2 Å². The van der Waals surface area contributed by atoms with Gasteiger partial charge in [0, 0.05) is 5.56 Å². The molecule has 0 spiro atoms. The van der Waals surface area contributed by atoms with Gasteiger partial charge >= 0.3 is 0 Å². The van der Waals surface area contributed by atoms with Crippen LogP contribution in [-0.2, 0) is 10.8 Å². The van der Waals surface area contributed by atoms with Gasteiger partial charge in [-0.15, -0.1) is 0 Å². The van der Waals surface area contributed by atoms with Crippen molar-refractivity contribution < 1.29 is 13.2 Å². The van der Waals surface area contributed by atoms with Crippen molar-refractivity contribution in [1.29, 1.82) is 0 Å². The van der Waals surface area contributed by atoms with Gasteiger partial charge in [-0.1, -0.05) is 147 Å². The first-order chi connectivity index (χ1) is 19.2. The molecule has 2 fully saturated rings. The number of halogens is 3. The van der Waals surface area contributed by atoms with Crippen molar-refractivity contribution in [3.63, 3.8) is 0 Å². The first-order valence-electron chi connectivity index (χ1n) is 16.3. The van der Waals surface area contributed by atoms with Gasteiger partial charge in [0.25, 0.3) is 0 Å². The number of rotatable bonds is 0. The third kappa shape index (κ3) is 15.2. The van der Waals surface area contributed by atoms with Gasteiger partial charge in [0.2, 0.25) is 0 Å². The van der Waals surface area contributed by atoms with E-state index in [9.17, 15) is 13.2 Å². The number of benzene rings is 2. The van der Waals surface area contributed by atoms with E-state index in [1.807, 2.05) is 32.9 Å². The molecule has 0 heterocycles. The Hall–Kier alpha value is -1.77. The summed E-state index contributed by atoms with van der Waals surface area (Å²) in [6.45, 7) is 25.6. The number of hydrogen-bond donors (Lipinski definition) is 0. The summed E-state index contributed by atoms with van der Waals surface area (Å²) in [5.74, 6) is 0.962. The summed E-state index contributed by atoms with van der Waals surface area (Å²) in [6.07, 6.45) is 13.3. The van der Waals surface area contributed by atoms with Crippen LogP contribution in [0, 0.1) is 40.1 Å². The summed E-state index contributed by atoms with van der Waals surface area (Å²) in [4.78, 5) is 0. The minimum atomic E-state index is -0.477. The van der Waals surface area contributed by atoms with Gasteiger partial charge in [-0.3, -0.25) is 0 Å². The summed E-state index contributed by atoms with van der Waals surface area (Å²) in [6, 6.07) is 10.8. The van der Waals surface area contributed by atoms with E-state index in [-0.39, 0.29) is 24.2 Å². The Balaban J connectivity index is 0.000000545. The molecule has 4 rings (SSSR count). The monoisotopic (exact) mass is 605 g/mol. The average molecular weight is 605 g/mol. The van der Waals surface area contributed by atoms with Crippen molar-refractivity contribution in [2.75, 3.05) is 0 Å². The van der Waals surface area contributed by atoms with Gasteiger partial charge < -0.3 is 0 Å². The zero-order chi connectivity index (χ0) is 32.4. The molecular weight excluding hydrogens is 537 g/mol. The highest BCUT2D eigenvalue weighted by atomic mass is 19.1. The maximum absolute atomic E-state index is 13.1. The molecule has 2 aliphatic rings. The largest absolute Gasteiger partial charge is 0.207 e. The van der Waals surface area contributed by atoms with Crippen molar-refractivity contribution >= 4 is 0 Å². The normalized spacial score (nSPS) is 16.4.